The Balaban J connectivity index is 0.000000540. The third kappa shape index (κ3) is 41.8. The summed E-state index contributed by atoms with van der Waals surface area (Å²) in [6, 6.07) is 0. The largest absolute Gasteiger partial charge is 1.00 e. The van der Waals surface area contributed by atoms with E-state index in [2.05, 4.69) is 90.1 Å². The number of unbranched alkanes of at least 4 members (excludes halogenated alkanes) is 36. The quantitative estimate of drug-likeness (QED) is 0.00467. The first-order chi connectivity index (χ1) is 52.0. The van der Waals surface area contributed by atoms with Crippen molar-refractivity contribution in [3.8, 4) is 0 Å². The van der Waals surface area contributed by atoms with E-state index in [0.29, 0.717) is 76.1 Å². The molecule has 0 aliphatic carbocycles. The minimum absolute atomic E-state index is 0. The van der Waals surface area contributed by atoms with Crippen LogP contribution < -0.4 is 29.6 Å². The zero-order chi connectivity index (χ0) is 79.5. The molecule has 6 aromatic rings. The number of methoxy groups -OCH3 is 3. The minimum Gasteiger partial charge on any atom is -0.790 e. The van der Waals surface area contributed by atoms with Crippen LogP contribution in [0.3, 0.4) is 0 Å². The Morgan fingerprint density at radius 1 is 0.385 bits per heavy atom. The average molecular weight is 1670 g/mol. The zero-order valence-corrected chi connectivity index (χ0v) is 74.9. The van der Waals surface area contributed by atoms with E-state index in [4.69, 9.17) is 46.4 Å². The monoisotopic (exact) mass is 1670 g/mol. The number of fused-ring (bicyclic) bond motifs is 3. The van der Waals surface area contributed by atoms with Crippen molar-refractivity contribution < 1.29 is 81.9 Å². The molecule has 0 radical (unpaired) electrons. The zero-order valence-electron chi connectivity index (χ0n) is 67.4. The predicted octanol–water partition coefficient (Wildman–Crippen LogP) is 17.1. The van der Waals surface area contributed by atoms with Crippen molar-refractivity contribution in [1.29, 1.82) is 0 Å². The summed E-state index contributed by atoms with van der Waals surface area (Å²) in [6.45, 7) is 12.9. The van der Waals surface area contributed by atoms with Crippen LogP contribution in [0, 0.1) is 0 Å². The number of imidazole rings is 3. The van der Waals surface area contributed by atoms with Gasteiger partial charge in [-0.3, -0.25) is 14.4 Å². The Bertz CT molecular complexity index is 3590. The molecule has 31 heteroatoms. The van der Waals surface area contributed by atoms with Gasteiger partial charge >= 0.3 is 47.5 Å². The summed E-state index contributed by atoms with van der Waals surface area (Å²) in [5.74, 6) is 1.24. The molecule has 614 valence electrons. The van der Waals surface area contributed by atoms with Gasteiger partial charge in [0.2, 0.25) is 15.9 Å². The van der Waals surface area contributed by atoms with E-state index < -0.39 is 15.1 Å². The topological polar surface area (TPSA) is 305 Å². The van der Waals surface area contributed by atoms with Crippen LogP contribution in [0.5, 0.6) is 0 Å². The van der Waals surface area contributed by atoms with E-state index in [1.165, 1.54) is 188 Å². The number of aryl methyl sites for hydroxylation is 3. The summed E-state index contributed by atoms with van der Waals surface area (Å²) in [7, 11) is 0.634. The summed E-state index contributed by atoms with van der Waals surface area (Å²) >= 11 is 30.4. The number of aliphatic hydroxyl groups excluding tert-OH is 3. The van der Waals surface area contributed by atoms with E-state index in [1.54, 1.807) is 30.2 Å². The fourth-order valence-electron chi connectivity index (χ4n) is 12.6. The molecule has 0 bridgehead atoms. The van der Waals surface area contributed by atoms with Gasteiger partial charge in [0.25, 0.3) is 0 Å². The van der Waals surface area contributed by atoms with E-state index in [-0.39, 0.29) is 99.0 Å². The molecule has 23 nitrogen and oxygen atoms in total. The SMILES string of the molecule is CC(C)[S-].COC(=O)CCCCCCCCCCCCCCCn1c(CO)nc2nc(Cl)nc(Cl)c21.COC(=O)CCCCCCCCCCCCCCCn1c(CO)nc2nc(Cl)nc(S(=O)(=O)C(C)C)c21.COC(=O)CCCCCCCCCCCCCCCn1c(CO)nc2nc(Cl)nc(SC(C)C)c21.[Na+]. The van der Waals surface area contributed by atoms with Crippen molar-refractivity contribution in [1.82, 2.24) is 58.6 Å². The van der Waals surface area contributed by atoms with Crippen molar-refractivity contribution in [3.05, 3.63) is 38.5 Å². The first kappa shape index (κ1) is 102. The van der Waals surface area contributed by atoms with Gasteiger partial charge in [0, 0.05) is 44.1 Å². The Kier molecular flexibility index (Phi) is 57.2. The standard InChI is InChI=1S/C26H43ClN4O5S.C26H43ClN4O3S.C23H36Cl2N4O3.C3H8S.Na/c1-20(2)37(34,35)25-23-24(29-26(27)30-25)28-21(19-32)31(23)18-16-14-12-10-8-6-4-5-7-9-11-13-15-17-22(33)36-3;1-20(2)35-25-23-24(29-26(27)30-25)28-21(19-32)31(23)18-16-14-12-10-8-6-4-5-7-9-11-13-15-17-22(33)34-3;1-32-19(31)15-13-11-9-7-5-3-2-4-6-8-10-12-14-16-29-18(17-30)26-22-20(29)21(24)27-23(25)28-22;1-3(2)4;/h20,32H,4-19H2,1-3H3;20,32H,4-19H2,1-3H3;30H,2-17H2,1H3;3-4H,1-2H3;/q;;;;+1/p-1. The Morgan fingerprint density at radius 2 is 0.633 bits per heavy atom. The Hall–Kier alpha value is -3.25. The van der Waals surface area contributed by atoms with E-state index >= 15 is 0 Å². The molecular formula is C78H129Cl4N12NaO11S3. The molecule has 0 amide bonds. The van der Waals surface area contributed by atoms with E-state index in [0.717, 1.165) is 107 Å². The Morgan fingerprint density at radius 3 is 0.917 bits per heavy atom. The molecule has 109 heavy (non-hydrogen) atoms. The van der Waals surface area contributed by atoms with Crippen LogP contribution in [0.4, 0.5) is 0 Å². The second-order valence-electron chi connectivity index (χ2n) is 28.5. The first-order valence-electron chi connectivity index (χ1n) is 40.0. The van der Waals surface area contributed by atoms with Crippen LogP contribution in [0.15, 0.2) is 10.1 Å². The van der Waals surface area contributed by atoms with Crippen LogP contribution in [0.2, 0.25) is 21.0 Å². The number of thioether (sulfide) groups is 1. The maximum Gasteiger partial charge on any atom is 1.00 e. The second kappa shape index (κ2) is 61.2. The summed E-state index contributed by atoms with van der Waals surface area (Å²) in [5, 5.41) is 30.4. The molecule has 0 aliphatic heterocycles. The van der Waals surface area contributed by atoms with Gasteiger partial charge in [-0.15, -0.1) is 11.8 Å². The number of hydrogen-bond acceptors (Lipinski definition) is 22. The molecule has 0 atom stereocenters. The third-order valence-electron chi connectivity index (χ3n) is 18.5. The van der Waals surface area contributed by atoms with Crippen molar-refractivity contribution in [2.45, 2.75) is 376 Å². The van der Waals surface area contributed by atoms with Crippen LogP contribution in [0.25, 0.3) is 33.5 Å². The van der Waals surface area contributed by atoms with Gasteiger partial charge in [0.1, 0.15) is 58.9 Å². The van der Waals surface area contributed by atoms with Gasteiger partial charge in [0.05, 0.1) is 26.6 Å². The van der Waals surface area contributed by atoms with Crippen LogP contribution in [-0.4, -0.2) is 137 Å². The minimum atomic E-state index is -3.70. The number of rotatable bonds is 55. The summed E-state index contributed by atoms with van der Waals surface area (Å²) in [5.41, 5.74) is 3.05. The molecule has 0 spiro atoms. The molecule has 0 saturated carbocycles. The fourth-order valence-corrected chi connectivity index (χ4v) is 15.6. The van der Waals surface area contributed by atoms with Crippen LogP contribution in [0.1, 0.15) is 329 Å². The van der Waals surface area contributed by atoms with Crippen molar-refractivity contribution >= 4 is 132 Å². The van der Waals surface area contributed by atoms with Gasteiger partial charge in [0.15, 0.2) is 37.0 Å². The maximum absolute atomic E-state index is 12.9. The molecule has 6 aromatic heterocycles. The number of sulfone groups is 1. The smallest absolute Gasteiger partial charge is 0.790 e. The number of nitrogens with zero attached hydrogens (tertiary/aromatic N) is 12. The number of carbonyl (C=O) groups is 3. The maximum atomic E-state index is 12.9. The molecule has 6 heterocycles. The van der Waals surface area contributed by atoms with Gasteiger partial charge in [-0.1, -0.05) is 251 Å². The van der Waals surface area contributed by atoms with Crippen molar-refractivity contribution in [2.24, 2.45) is 0 Å². The number of carbonyl (C=O) groups excluding carboxylic acids is 3. The first-order valence-corrected chi connectivity index (χ1v) is 44.4. The molecule has 6 rings (SSSR count). The van der Waals surface area contributed by atoms with Crippen LogP contribution in [-0.2, 0) is 90.5 Å². The van der Waals surface area contributed by atoms with E-state index in [9.17, 15) is 38.1 Å². The normalized spacial score (nSPS) is 11.5. The summed E-state index contributed by atoms with van der Waals surface area (Å²) in [6.07, 6.45) is 47.9. The second-order valence-corrected chi connectivity index (χ2v) is 34.8. The number of ether oxygens (including phenoxy) is 3. The Labute approximate surface area is 703 Å². The number of aliphatic hydroxyl groups is 3. The number of esters is 3. The molecule has 0 unspecified atom stereocenters. The number of halogens is 4. The molecule has 3 N–H and O–H groups in total. The van der Waals surface area contributed by atoms with Gasteiger partial charge in [-0.2, -0.15) is 20.2 Å². The third-order valence-corrected chi connectivity index (χ3v) is 22.3. The summed E-state index contributed by atoms with van der Waals surface area (Å²) in [4.78, 5) is 71.3. The fraction of sp³-hybridized carbons (Fsp3) is 0.769. The molecule has 0 aliphatic rings. The van der Waals surface area contributed by atoms with Crippen molar-refractivity contribution in [2.75, 3.05) is 21.3 Å². The number of aromatic nitrogens is 12. The van der Waals surface area contributed by atoms with Crippen molar-refractivity contribution in [3.63, 3.8) is 0 Å². The molecule has 0 fully saturated rings. The molecule has 0 saturated heterocycles. The summed E-state index contributed by atoms with van der Waals surface area (Å²) < 4.78 is 45.5. The van der Waals surface area contributed by atoms with Gasteiger partial charge in [-0.05, 0) is 87.2 Å². The average Bonchev–Trinajstić information content (AvgIpc) is 1.64. The van der Waals surface area contributed by atoms with Gasteiger partial charge in [-0.25, -0.2) is 38.3 Å². The predicted molar refractivity (Wildman–Crippen MR) is 440 cm³/mol. The number of hydrogen-bond donors (Lipinski definition) is 3. The van der Waals surface area contributed by atoms with E-state index in [1.807, 2.05) is 18.4 Å². The molecular weight excluding hydrogens is 1540 g/mol. The van der Waals surface area contributed by atoms with Crippen LogP contribution >= 0.6 is 58.2 Å². The van der Waals surface area contributed by atoms with Gasteiger partial charge < -0.3 is 55.9 Å². The molecule has 0 aromatic carbocycles.